The minimum absolute atomic E-state index is 0.126. The molecular weight excluding hydrogens is 340 g/mol. The summed E-state index contributed by atoms with van der Waals surface area (Å²) in [5, 5.41) is 0. The van der Waals surface area contributed by atoms with E-state index in [9.17, 15) is 8.42 Å². The number of hydrogen-bond donors (Lipinski definition) is 0. The quantitative estimate of drug-likeness (QED) is 0.760. The van der Waals surface area contributed by atoms with Gasteiger partial charge in [0.25, 0.3) is 0 Å². The van der Waals surface area contributed by atoms with Gasteiger partial charge in [-0.3, -0.25) is 4.90 Å². The number of piperidine rings is 2. The zero-order chi connectivity index (χ0) is 17.2. The Balaban J connectivity index is 1.56. The summed E-state index contributed by atoms with van der Waals surface area (Å²) in [6, 6.07) is 4.70. The monoisotopic (exact) mass is 364 g/mol. The molecule has 6 nitrogen and oxygen atoms in total. The molecule has 0 N–H and O–H groups in total. The molecule has 7 heteroatoms. The van der Waals surface area contributed by atoms with Gasteiger partial charge in [0.2, 0.25) is 16.8 Å². The highest BCUT2D eigenvalue weighted by molar-refractivity contribution is 7.88. The molecule has 1 aromatic rings. The fourth-order valence-corrected chi connectivity index (χ4v) is 6.55. The van der Waals surface area contributed by atoms with E-state index in [0.29, 0.717) is 25.3 Å². The Morgan fingerprint density at radius 3 is 2.68 bits per heavy atom. The first kappa shape index (κ1) is 15.9. The van der Waals surface area contributed by atoms with Crippen molar-refractivity contribution in [2.45, 2.75) is 37.8 Å². The normalized spacial score (nSPS) is 32.0. The van der Waals surface area contributed by atoms with Crippen molar-refractivity contribution in [3.05, 3.63) is 23.3 Å². The zero-order valence-corrected chi connectivity index (χ0v) is 15.3. The Hall–Kier alpha value is -1.31. The number of benzene rings is 1. The number of fused-ring (bicyclic) bond motifs is 6. The van der Waals surface area contributed by atoms with Crippen LogP contribution < -0.4 is 9.47 Å². The average Bonchev–Trinajstić information content (AvgIpc) is 3.05. The summed E-state index contributed by atoms with van der Waals surface area (Å²) < 4.78 is 37.5. The van der Waals surface area contributed by atoms with Crippen LogP contribution in [-0.4, -0.2) is 56.3 Å². The van der Waals surface area contributed by atoms with Crippen LogP contribution in [0.5, 0.6) is 11.5 Å². The molecule has 0 radical (unpaired) electrons. The maximum absolute atomic E-state index is 12.3. The molecule has 2 saturated heterocycles. The standard InChI is InChI=1S/C18H24N2O4S/c1-25(21,22)20-6-2-3-13-15(20)5-8-19-7-4-12-9-16-17(24-11-23-16)10-14(12)18(13)19/h9-10,13,15,18H,2-8,11H2,1H3/t13-,15-,18+/m1/s1. The second-order valence-corrected chi connectivity index (χ2v) is 9.61. The molecule has 1 aromatic carbocycles. The molecule has 4 aliphatic rings. The van der Waals surface area contributed by atoms with Gasteiger partial charge in [0, 0.05) is 31.7 Å². The first-order chi connectivity index (χ1) is 12.0. The molecular formula is C18H24N2O4S. The van der Waals surface area contributed by atoms with Gasteiger partial charge in [0.05, 0.1) is 6.26 Å². The van der Waals surface area contributed by atoms with Crippen LogP contribution in [0, 0.1) is 5.92 Å². The summed E-state index contributed by atoms with van der Waals surface area (Å²) in [6.07, 6.45) is 5.35. The van der Waals surface area contributed by atoms with Crippen molar-refractivity contribution >= 4 is 10.0 Å². The molecule has 0 unspecified atom stereocenters. The van der Waals surface area contributed by atoms with Gasteiger partial charge in [0.1, 0.15) is 0 Å². The summed E-state index contributed by atoms with van der Waals surface area (Å²) in [5.74, 6) is 2.04. The molecule has 4 heterocycles. The molecule has 0 saturated carbocycles. The van der Waals surface area contributed by atoms with Gasteiger partial charge in [0.15, 0.2) is 11.5 Å². The number of sulfonamides is 1. The fraction of sp³-hybridized carbons (Fsp3) is 0.667. The van der Waals surface area contributed by atoms with E-state index in [0.717, 1.165) is 50.3 Å². The second-order valence-electron chi connectivity index (χ2n) is 7.67. The minimum Gasteiger partial charge on any atom is -0.454 e. The van der Waals surface area contributed by atoms with E-state index in [4.69, 9.17) is 9.47 Å². The van der Waals surface area contributed by atoms with Crippen LogP contribution in [0.15, 0.2) is 12.1 Å². The maximum Gasteiger partial charge on any atom is 0.231 e. The Morgan fingerprint density at radius 1 is 1.08 bits per heavy atom. The van der Waals surface area contributed by atoms with E-state index in [1.54, 1.807) is 4.31 Å². The molecule has 0 spiro atoms. The molecule has 0 aliphatic carbocycles. The molecule has 25 heavy (non-hydrogen) atoms. The van der Waals surface area contributed by atoms with Crippen molar-refractivity contribution in [2.24, 2.45) is 5.92 Å². The van der Waals surface area contributed by atoms with E-state index >= 15 is 0 Å². The van der Waals surface area contributed by atoms with Crippen molar-refractivity contribution < 1.29 is 17.9 Å². The lowest BCUT2D eigenvalue weighted by molar-refractivity contribution is 0.00743. The van der Waals surface area contributed by atoms with Crippen molar-refractivity contribution in [3.63, 3.8) is 0 Å². The topological polar surface area (TPSA) is 59.1 Å². The van der Waals surface area contributed by atoms with Crippen LogP contribution in [0.25, 0.3) is 0 Å². The average molecular weight is 364 g/mol. The Labute approximate surface area is 148 Å². The van der Waals surface area contributed by atoms with Gasteiger partial charge < -0.3 is 9.47 Å². The SMILES string of the molecule is CS(=O)(=O)N1CCC[C@H]2[C@H]3c4cc5c(cc4CCN3CC[C@H]21)OCO5. The van der Waals surface area contributed by atoms with Crippen LogP contribution in [-0.2, 0) is 16.4 Å². The van der Waals surface area contributed by atoms with E-state index in [1.807, 2.05) is 0 Å². The third-order valence-corrected chi connectivity index (χ3v) is 7.64. The van der Waals surface area contributed by atoms with Crippen LogP contribution in [0.1, 0.15) is 36.4 Å². The van der Waals surface area contributed by atoms with Crippen LogP contribution in [0.2, 0.25) is 0 Å². The lowest BCUT2D eigenvalue weighted by Gasteiger charge is -2.53. The van der Waals surface area contributed by atoms with Gasteiger partial charge in [-0.05, 0) is 54.9 Å². The number of ether oxygens (including phenoxy) is 2. The zero-order valence-electron chi connectivity index (χ0n) is 14.5. The Bertz CT molecular complexity index is 810. The van der Waals surface area contributed by atoms with Gasteiger partial charge in [-0.25, -0.2) is 8.42 Å². The van der Waals surface area contributed by atoms with Crippen molar-refractivity contribution in [2.75, 3.05) is 32.7 Å². The molecule has 3 atom stereocenters. The highest BCUT2D eigenvalue weighted by atomic mass is 32.2. The lowest BCUT2D eigenvalue weighted by atomic mass is 9.73. The number of hydrogen-bond acceptors (Lipinski definition) is 5. The summed E-state index contributed by atoms with van der Waals surface area (Å²) in [5.41, 5.74) is 2.66. The van der Waals surface area contributed by atoms with Gasteiger partial charge in [-0.15, -0.1) is 0 Å². The number of rotatable bonds is 1. The highest BCUT2D eigenvalue weighted by Crippen LogP contribution is 2.49. The lowest BCUT2D eigenvalue weighted by Crippen LogP contribution is -2.57. The van der Waals surface area contributed by atoms with Crippen LogP contribution >= 0.6 is 0 Å². The van der Waals surface area contributed by atoms with E-state index in [-0.39, 0.29) is 6.04 Å². The van der Waals surface area contributed by atoms with E-state index in [1.165, 1.54) is 17.4 Å². The van der Waals surface area contributed by atoms with Crippen LogP contribution in [0.4, 0.5) is 0 Å². The van der Waals surface area contributed by atoms with Gasteiger partial charge >= 0.3 is 0 Å². The Kier molecular flexibility index (Phi) is 3.56. The molecule has 2 fully saturated rings. The fourth-order valence-electron chi connectivity index (χ4n) is 5.33. The minimum atomic E-state index is -3.15. The predicted molar refractivity (Wildman–Crippen MR) is 93.3 cm³/mol. The largest absolute Gasteiger partial charge is 0.454 e. The van der Waals surface area contributed by atoms with Crippen molar-refractivity contribution in [1.82, 2.24) is 9.21 Å². The third kappa shape index (κ3) is 2.47. The van der Waals surface area contributed by atoms with Gasteiger partial charge in [-0.1, -0.05) is 0 Å². The first-order valence-corrected chi connectivity index (χ1v) is 11.0. The highest BCUT2D eigenvalue weighted by Gasteiger charge is 2.47. The molecule has 0 amide bonds. The molecule has 0 aromatic heterocycles. The summed E-state index contributed by atoms with van der Waals surface area (Å²) in [7, 11) is -3.15. The summed E-state index contributed by atoms with van der Waals surface area (Å²) >= 11 is 0. The Morgan fingerprint density at radius 2 is 1.88 bits per heavy atom. The van der Waals surface area contributed by atoms with E-state index in [2.05, 4.69) is 17.0 Å². The van der Waals surface area contributed by atoms with Gasteiger partial charge in [-0.2, -0.15) is 4.31 Å². The van der Waals surface area contributed by atoms with E-state index < -0.39 is 10.0 Å². The summed E-state index contributed by atoms with van der Waals surface area (Å²) in [4.78, 5) is 2.55. The second kappa shape index (κ2) is 5.59. The molecule has 5 rings (SSSR count). The molecule has 0 bridgehead atoms. The van der Waals surface area contributed by atoms with Crippen molar-refractivity contribution in [1.29, 1.82) is 0 Å². The van der Waals surface area contributed by atoms with Crippen LogP contribution in [0.3, 0.4) is 0 Å². The number of nitrogens with zero attached hydrogens (tertiary/aromatic N) is 2. The first-order valence-electron chi connectivity index (χ1n) is 9.15. The summed E-state index contributed by atoms with van der Waals surface area (Å²) in [6.45, 7) is 2.96. The maximum atomic E-state index is 12.3. The molecule has 136 valence electrons. The smallest absolute Gasteiger partial charge is 0.231 e. The van der Waals surface area contributed by atoms with Crippen molar-refractivity contribution in [3.8, 4) is 11.5 Å². The predicted octanol–water partition coefficient (Wildman–Crippen LogP) is 1.76. The molecule has 4 aliphatic heterocycles. The third-order valence-electron chi connectivity index (χ3n) is 6.34.